The number of hydrogen-bond donors (Lipinski definition) is 0. The molecular weight excluding hydrogens is 427 g/mol. The van der Waals surface area contributed by atoms with Gasteiger partial charge in [-0.05, 0) is 0 Å². The number of carbonyl (C=O) groups is 1. The summed E-state index contributed by atoms with van der Waals surface area (Å²) in [5.41, 5.74) is 0. The first-order valence-corrected chi connectivity index (χ1v) is 15.3. The SMILES string of the molecule is CC(=O)OC(C)[CH2][Sn]([c]1ccccc1)([c]1ccccc1)[c]1ccccc1. The van der Waals surface area contributed by atoms with Gasteiger partial charge in [-0.3, -0.25) is 0 Å². The first-order valence-electron chi connectivity index (χ1n) is 8.97. The molecule has 132 valence electrons. The number of benzene rings is 3. The Morgan fingerprint density at radius 1 is 0.769 bits per heavy atom. The van der Waals surface area contributed by atoms with Crippen LogP contribution in [0.2, 0.25) is 4.44 Å². The molecule has 0 radical (unpaired) electrons. The fourth-order valence-electron chi connectivity index (χ4n) is 3.78. The zero-order valence-corrected chi connectivity index (χ0v) is 18.1. The summed E-state index contributed by atoms with van der Waals surface area (Å²) < 4.78 is 10.7. The third-order valence-electron chi connectivity index (χ3n) is 4.76. The van der Waals surface area contributed by atoms with Gasteiger partial charge in [0.15, 0.2) is 0 Å². The standard InChI is InChI=1S/3C6H5.C5H9O2.Sn/c3*1-2-4-6-5-3-1;1-4(2)7-5(3)6;/h3*1-5H;4H,1H2,2-3H3;. The molecule has 0 saturated heterocycles. The van der Waals surface area contributed by atoms with Gasteiger partial charge in [-0.15, -0.1) is 0 Å². The van der Waals surface area contributed by atoms with E-state index in [9.17, 15) is 4.79 Å². The number of hydrogen-bond acceptors (Lipinski definition) is 2. The summed E-state index contributed by atoms with van der Waals surface area (Å²) in [5.74, 6) is -0.216. The number of rotatable bonds is 6. The number of ether oxygens (including phenoxy) is 1. The normalized spacial score (nSPS) is 12.4. The molecule has 1 unspecified atom stereocenters. The summed E-state index contributed by atoms with van der Waals surface area (Å²) in [4.78, 5) is 11.6. The Morgan fingerprint density at radius 3 is 1.42 bits per heavy atom. The molecule has 1 atom stereocenters. The molecular formula is C23H24O2Sn. The molecule has 0 aliphatic carbocycles. The van der Waals surface area contributed by atoms with E-state index in [0.29, 0.717) is 0 Å². The van der Waals surface area contributed by atoms with Crippen LogP contribution in [0.3, 0.4) is 0 Å². The summed E-state index contributed by atoms with van der Waals surface area (Å²) >= 11 is -3.32. The molecule has 0 spiro atoms. The van der Waals surface area contributed by atoms with Gasteiger partial charge in [-0.2, -0.15) is 0 Å². The van der Waals surface area contributed by atoms with Crippen molar-refractivity contribution in [3.63, 3.8) is 0 Å². The molecule has 3 aromatic carbocycles. The maximum atomic E-state index is 11.6. The van der Waals surface area contributed by atoms with Gasteiger partial charge in [-0.1, -0.05) is 0 Å². The van der Waals surface area contributed by atoms with Crippen LogP contribution in [-0.4, -0.2) is 30.5 Å². The first kappa shape index (κ1) is 18.7. The average Bonchev–Trinajstić information content (AvgIpc) is 2.67. The van der Waals surface area contributed by atoms with Crippen molar-refractivity contribution in [2.75, 3.05) is 0 Å². The van der Waals surface area contributed by atoms with Gasteiger partial charge in [0.2, 0.25) is 0 Å². The molecule has 3 rings (SSSR count). The maximum absolute atomic E-state index is 11.6. The van der Waals surface area contributed by atoms with Crippen LogP contribution in [0.25, 0.3) is 0 Å². The predicted octanol–water partition coefficient (Wildman–Crippen LogP) is 3.11. The topological polar surface area (TPSA) is 26.3 Å². The van der Waals surface area contributed by atoms with Crippen molar-refractivity contribution < 1.29 is 9.53 Å². The Kier molecular flexibility index (Phi) is 6.15. The van der Waals surface area contributed by atoms with Crippen LogP contribution in [-0.2, 0) is 9.53 Å². The fraction of sp³-hybridized carbons (Fsp3) is 0.174. The van der Waals surface area contributed by atoms with Crippen LogP contribution in [0.4, 0.5) is 0 Å². The van der Waals surface area contributed by atoms with Crippen molar-refractivity contribution in [2.24, 2.45) is 0 Å². The van der Waals surface area contributed by atoms with Crippen LogP contribution in [0, 0.1) is 0 Å². The molecule has 0 aliphatic rings. The summed E-state index contributed by atoms with van der Waals surface area (Å²) in [6, 6.07) is 32.3. The number of esters is 1. The van der Waals surface area contributed by atoms with E-state index in [-0.39, 0.29) is 12.1 Å². The van der Waals surface area contributed by atoms with Crippen LogP contribution >= 0.6 is 0 Å². The minimum absolute atomic E-state index is 0.121. The minimum atomic E-state index is -3.32. The van der Waals surface area contributed by atoms with Gasteiger partial charge < -0.3 is 0 Å². The Bertz CT molecular complexity index is 735. The predicted molar refractivity (Wildman–Crippen MR) is 110 cm³/mol. The van der Waals surface area contributed by atoms with E-state index < -0.39 is 18.4 Å². The van der Waals surface area contributed by atoms with Crippen molar-refractivity contribution in [1.29, 1.82) is 0 Å². The molecule has 0 fully saturated rings. The molecule has 26 heavy (non-hydrogen) atoms. The summed E-state index contributed by atoms with van der Waals surface area (Å²) in [6.07, 6.45) is -0.121. The van der Waals surface area contributed by atoms with Gasteiger partial charge in [0.05, 0.1) is 0 Å². The molecule has 2 nitrogen and oxygen atoms in total. The van der Waals surface area contributed by atoms with Crippen LogP contribution in [0.15, 0.2) is 91.0 Å². The van der Waals surface area contributed by atoms with Crippen LogP contribution < -0.4 is 10.7 Å². The third kappa shape index (κ3) is 4.01. The first-order chi connectivity index (χ1) is 12.6. The second-order valence-electron chi connectivity index (χ2n) is 6.63. The monoisotopic (exact) mass is 452 g/mol. The Morgan fingerprint density at radius 2 is 1.12 bits per heavy atom. The second-order valence-corrected chi connectivity index (χ2v) is 17.9. The quantitative estimate of drug-likeness (QED) is 0.426. The van der Waals surface area contributed by atoms with E-state index >= 15 is 0 Å². The Balaban J connectivity index is 2.23. The van der Waals surface area contributed by atoms with E-state index in [1.165, 1.54) is 17.7 Å². The van der Waals surface area contributed by atoms with Gasteiger partial charge >= 0.3 is 160 Å². The van der Waals surface area contributed by atoms with Crippen molar-refractivity contribution in [1.82, 2.24) is 0 Å². The van der Waals surface area contributed by atoms with Crippen molar-refractivity contribution in [2.45, 2.75) is 24.4 Å². The van der Waals surface area contributed by atoms with E-state index in [2.05, 4.69) is 91.0 Å². The molecule has 3 aromatic rings. The molecule has 0 heterocycles. The Labute approximate surface area is 159 Å². The molecule has 0 saturated carbocycles. The molecule has 0 aliphatic heterocycles. The van der Waals surface area contributed by atoms with E-state index in [1.807, 2.05) is 6.92 Å². The molecule has 0 amide bonds. The third-order valence-corrected chi connectivity index (χ3v) is 19.4. The summed E-state index contributed by atoms with van der Waals surface area (Å²) in [5, 5.41) is 0. The zero-order valence-electron chi connectivity index (χ0n) is 15.3. The van der Waals surface area contributed by atoms with E-state index in [1.54, 1.807) is 0 Å². The second kappa shape index (κ2) is 8.54. The van der Waals surface area contributed by atoms with Gasteiger partial charge in [0.25, 0.3) is 0 Å². The van der Waals surface area contributed by atoms with Crippen LogP contribution in [0.5, 0.6) is 0 Å². The van der Waals surface area contributed by atoms with E-state index in [4.69, 9.17) is 4.74 Å². The fourth-order valence-corrected chi connectivity index (χ4v) is 17.9. The van der Waals surface area contributed by atoms with Gasteiger partial charge in [0, 0.05) is 0 Å². The van der Waals surface area contributed by atoms with Gasteiger partial charge in [0.1, 0.15) is 0 Å². The van der Waals surface area contributed by atoms with Gasteiger partial charge in [-0.25, -0.2) is 0 Å². The molecule has 0 bridgehead atoms. The summed E-state index contributed by atoms with van der Waals surface area (Å²) in [6.45, 7) is 3.50. The average molecular weight is 451 g/mol. The van der Waals surface area contributed by atoms with Crippen LogP contribution in [0.1, 0.15) is 13.8 Å². The molecule has 0 aromatic heterocycles. The van der Waals surface area contributed by atoms with Crippen molar-refractivity contribution >= 4 is 35.1 Å². The van der Waals surface area contributed by atoms with Crippen molar-refractivity contribution in [3.05, 3.63) is 91.0 Å². The van der Waals surface area contributed by atoms with E-state index in [0.717, 1.165) is 4.44 Å². The Hall–Kier alpha value is -2.07. The molecule has 0 N–H and O–H groups in total. The zero-order chi connectivity index (χ0) is 18.4. The number of carbonyl (C=O) groups excluding carboxylic acids is 1. The summed E-state index contributed by atoms with van der Waals surface area (Å²) in [7, 11) is 0. The molecule has 3 heteroatoms. The van der Waals surface area contributed by atoms with Crippen molar-refractivity contribution in [3.8, 4) is 0 Å².